The quantitative estimate of drug-likeness (QED) is 0.820. The van der Waals surface area contributed by atoms with Crippen molar-refractivity contribution >= 4 is 15.7 Å². The van der Waals surface area contributed by atoms with Crippen molar-refractivity contribution in [2.45, 2.75) is 50.3 Å². The van der Waals surface area contributed by atoms with Crippen molar-refractivity contribution in [1.29, 1.82) is 0 Å². The first kappa shape index (κ1) is 16.0. The molecule has 0 aromatic heterocycles. The van der Waals surface area contributed by atoms with Crippen molar-refractivity contribution < 1.29 is 13.2 Å². The molecule has 1 N–H and O–H groups in total. The Bertz CT molecular complexity index is 608. The van der Waals surface area contributed by atoms with E-state index in [1.807, 2.05) is 6.07 Å². The number of fused-ring (bicyclic) bond motifs is 1. The smallest absolute Gasteiger partial charge is 0.224 e. The molecule has 116 valence electrons. The average Bonchev–Trinajstić information content (AvgIpc) is 2.43. The molecular weight excluding hydrogens is 286 g/mol. The molecule has 1 aliphatic rings. The first-order valence-corrected chi connectivity index (χ1v) is 9.29. The summed E-state index contributed by atoms with van der Waals surface area (Å²) in [6.07, 6.45) is 5.03. The lowest BCUT2D eigenvalue weighted by molar-refractivity contribution is -0.120. The van der Waals surface area contributed by atoms with Crippen molar-refractivity contribution in [1.82, 2.24) is 5.32 Å². The molecule has 2 rings (SSSR count). The van der Waals surface area contributed by atoms with Crippen molar-refractivity contribution in [3.8, 4) is 0 Å². The van der Waals surface area contributed by atoms with E-state index in [-0.39, 0.29) is 11.7 Å². The van der Waals surface area contributed by atoms with Gasteiger partial charge in [0, 0.05) is 6.54 Å². The number of aryl methyl sites for hydroxylation is 1. The van der Waals surface area contributed by atoms with Crippen molar-refractivity contribution in [2.75, 3.05) is 12.3 Å². The van der Waals surface area contributed by atoms with E-state index < -0.39 is 9.84 Å². The van der Waals surface area contributed by atoms with Crippen LogP contribution in [0.4, 0.5) is 0 Å². The van der Waals surface area contributed by atoms with Gasteiger partial charge in [0.1, 0.15) is 0 Å². The van der Waals surface area contributed by atoms with Crippen LogP contribution in [-0.4, -0.2) is 26.6 Å². The lowest BCUT2D eigenvalue weighted by atomic mass is 10.0. The third-order valence-electron chi connectivity index (χ3n) is 3.79. The zero-order chi connectivity index (χ0) is 15.3. The van der Waals surface area contributed by atoms with Crippen LogP contribution in [0.15, 0.2) is 23.1 Å². The predicted octanol–water partition coefficient (Wildman–Crippen LogP) is 2.26. The summed E-state index contributed by atoms with van der Waals surface area (Å²) < 4.78 is 23.9. The van der Waals surface area contributed by atoms with Gasteiger partial charge in [0.25, 0.3) is 0 Å². The molecule has 1 aliphatic heterocycles. The Morgan fingerprint density at radius 3 is 2.86 bits per heavy atom. The fourth-order valence-electron chi connectivity index (χ4n) is 2.65. The van der Waals surface area contributed by atoms with E-state index in [4.69, 9.17) is 0 Å². The molecule has 1 amide bonds. The molecule has 1 aromatic carbocycles. The van der Waals surface area contributed by atoms with Gasteiger partial charge in [0.05, 0.1) is 17.1 Å². The molecule has 0 radical (unpaired) electrons. The molecule has 1 heterocycles. The van der Waals surface area contributed by atoms with Crippen LogP contribution < -0.4 is 5.32 Å². The van der Waals surface area contributed by atoms with Gasteiger partial charge in [-0.25, -0.2) is 8.42 Å². The molecule has 0 atom stereocenters. The van der Waals surface area contributed by atoms with E-state index >= 15 is 0 Å². The second kappa shape index (κ2) is 7.07. The third-order valence-corrected chi connectivity index (χ3v) is 5.68. The van der Waals surface area contributed by atoms with E-state index in [1.165, 1.54) is 0 Å². The van der Waals surface area contributed by atoms with Gasteiger partial charge in [0.2, 0.25) is 5.91 Å². The van der Waals surface area contributed by atoms with Gasteiger partial charge < -0.3 is 5.32 Å². The zero-order valence-electron chi connectivity index (χ0n) is 12.5. The maximum Gasteiger partial charge on any atom is 0.224 e. The fraction of sp³-hybridized carbons (Fsp3) is 0.562. The molecule has 0 saturated heterocycles. The van der Waals surface area contributed by atoms with E-state index in [2.05, 4.69) is 12.2 Å². The van der Waals surface area contributed by atoms with Crippen LogP contribution in [0, 0.1) is 0 Å². The Kier molecular flexibility index (Phi) is 5.39. The molecule has 0 aliphatic carbocycles. The van der Waals surface area contributed by atoms with E-state index in [1.54, 1.807) is 12.1 Å². The molecule has 0 spiro atoms. The summed E-state index contributed by atoms with van der Waals surface area (Å²) in [6, 6.07) is 5.29. The third kappa shape index (κ3) is 4.30. The normalized spacial score (nSPS) is 16.2. The van der Waals surface area contributed by atoms with Gasteiger partial charge in [-0.05, 0) is 36.5 Å². The molecule has 0 unspecified atom stereocenters. The number of nitrogens with one attached hydrogen (secondary N) is 1. The Morgan fingerprint density at radius 2 is 2.10 bits per heavy atom. The van der Waals surface area contributed by atoms with Crippen molar-refractivity contribution in [2.24, 2.45) is 0 Å². The highest BCUT2D eigenvalue weighted by atomic mass is 32.2. The summed E-state index contributed by atoms with van der Waals surface area (Å²) in [7, 11) is -3.11. The molecule has 5 heteroatoms. The maximum absolute atomic E-state index is 11.9. The largest absolute Gasteiger partial charge is 0.356 e. The Hall–Kier alpha value is -1.36. The molecule has 4 nitrogen and oxygen atoms in total. The minimum absolute atomic E-state index is 0.00437. The Labute approximate surface area is 126 Å². The van der Waals surface area contributed by atoms with Gasteiger partial charge in [0.15, 0.2) is 9.84 Å². The van der Waals surface area contributed by atoms with Crippen molar-refractivity contribution in [3.05, 3.63) is 29.3 Å². The lowest BCUT2D eigenvalue weighted by Gasteiger charge is -2.17. The summed E-state index contributed by atoms with van der Waals surface area (Å²) in [6.45, 7) is 2.84. The summed E-state index contributed by atoms with van der Waals surface area (Å²) in [5.41, 5.74) is 1.75. The second-order valence-corrected chi connectivity index (χ2v) is 7.68. The SMILES string of the molecule is CCCCCNC(=O)Cc1ccc2c(c1)CCCS2(=O)=O. The number of amides is 1. The van der Waals surface area contributed by atoms with Crippen LogP contribution in [0.3, 0.4) is 0 Å². The van der Waals surface area contributed by atoms with Crippen LogP contribution in [0.2, 0.25) is 0 Å². The van der Waals surface area contributed by atoms with Crippen LogP contribution in [0.5, 0.6) is 0 Å². The van der Waals surface area contributed by atoms with E-state index in [0.29, 0.717) is 24.3 Å². The van der Waals surface area contributed by atoms with Gasteiger partial charge >= 0.3 is 0 Å². The number of carbonyl (C=O) groups excluding carboxylic acids is 1. The van der Waals surface area contributed by atoms with Crippen LogP contribution in [0.1, 0.15) is 43.7 Å². The minimum Gasteiger partial charge on any atom is -0.356 e. The fourth-order valence-corrected chi connectivity index (χ4v) is 4.23. The molecular formula is C16H23NO3S. The summed E-state index contributed by atoms with van der Waals surface area (Å²) >= 11 is 0. The number of hydrogen-bond donors (Lipinski definition) is 1. The Morgan fingerprint density at radius 1 is 1.29 bits per heavy atom. The second-order valence-electron chi connectivity index (χ2n) is 5.60. The van der Waals surface area contributed by atoms with Crippen molar-refractivity contribution in [3.63, 3.8) is 0 Å². The average molecular weight is 309 g/mol. The number of benzene rings is 1. The summed E-state index contributed by atoms with van der Waals surface area (Å²) in [4.78, 5) is 12.3. The first-order chi connectivity index (χ1) is 10.0. The highest BCUT2D eigenvalue weighted by Gasteiger charge is 2.23. The highest BCUT2D eigenvalue weighted by Crippen LogP contribution is 2.25. The van der Waals surface area contributed by atoms with Crippen LogP contribution in [-0.2, 0) is 27.5 Å². The van der Waals surface area contributed by atoms with E-state index in [9.17, 15) is 13.2 Å². The predicted molar refractivity (Wildman–Crippen MR) is 83.1 cm³/mol. The van der Waals surface area contributed by atoms with Gasteiger partial charge in [-0.15, -0.1) is 0 Å². The lowest BCUT2D eigenvalue weighted by Crippen LogP contribution is -2.26. The van der Waals surface area contributed by atoms with Gasteiger partial charge in [-0.3, -0.25) is 4.79 Å². The number of carbonyl (C=O) groups is 1. The first-order valence-electron chi connectivity index (χ1n) is 7.64. The Balaban J connectivity index is 1.98. The monoisotopic (exact) mass is 309 g/mol. The number of unbranched alkanes of at least 4 members (excludes halogenated alkanes) is 2. The van der Waals surface area contributed by atoms with Gasteiger partial charge in [-0.1, -0.05) is 31.9 Å². The molecule has 1 aromatic rings. The number of hydrogen-bond acceptors (Lipinski definition) is 3. The summed E-state index contributed by atoms with van der Waals surface area (Å²) in [5, 5.41) is 2.91. The molecule has 21 heavy (non-hydrogen) atoms. The zero-order valence-corrected chi connectivity index (χ0v) is 13.3. The molecule has 0 bridgehead atoms. The standard InChI is InChI=1S/C16H23NO3S/c1-2-3-4-9-17-16(18)12-13-7-8-15-14(11-13)6-5-10-21(15,19)20/h7-8,11H,2-6,9-10,12H2,1H3,(H,17,18). The number of rotatable bonds is 6. The van der Waals surface area contributed by atoms with Crippen LogP contribution in [0.25, 0.3) is 0 Å². The number of sulfone groups is 1. The van der Waals surface area contributed by atoms with E-state index in [0.717, 1.165) is 36.8 Å². The maximum atomic E-state index is 11.9. The molecule has 0 saturated carbocycles. The molecule has 0 fully saturated rings. The topological polar surface area (TPSA) is 63.2 Å². The highest BCUT2D eigenvalue weighted by molar-refractivity contribution is 7.91. The summed E-state index contributed by atoms with van der Waals surface area (Å²) in [5.74, 6) is 0.238. The van der Waals surface area contributed by atoms with Crippen LogP contribution >= 0.6 is 0 Å². The minimum atomic E-state index is -3.11. The van der Waals surface area contributed by atoms with Gasteiger partial charge in [-0.2, -0.15) is 0 Å².